The number of anilines is 2. The van der Waals surface area contributed by atoms with Crippen molar-refractivity contribution in [2.24, 2.45) is 0 Å². The highest BCUT2D eigenvalue weighted by Crippen LogP contribution is 2.46. The number of nitrogens with one attached hydrogen (secondary N) is 1. The van der Waals surface area contributed by atoms with Crippen LogP contribution >= 0.6 is 11.8 Å². The second-order valence-electron chi connectivity index (χ2n) is 5.61. The Hall–Kier alpha value is -2.73. The van der Waals surface area contributed by atoms with Gasteiger partial charge in [0.2, 0.25) is 5.91 Å². The van der Waals surface area contributed by atoms with Crippen LogP contribution in [0.15, 0.2) is 59.5 Å². The first-order valence-electron chi connectivity index (χ1n) is 7.62. The summed E-state index contributed by atoms with van der Waals surface area (Å²) >= 11 is 1.51. The number of hydrogen-bond donors (Lipinski definition) is 2. The van der Waals surface area contributed by atoms with Gasteiger partial charge in [0.05, 0.1) is 17.1 Å². The highest BCUT2D eigenvalue weighted by molar-refractivity contribution is 8.00. The summed E-state index contributed by atoms with van der Waals surface area (Å²) < 4.78 is 1.69. The maximum absolute atomic E-state index is 12.6. The van der Waals surface area contributed by atoms with E-state index in [0.717, 1.165) is 27.5 Å². The lowest BCUT2D eigenvalue weighted by Gasteiger charge is -2.24. The smallest absolute Gasteiger partial charge is 0.242 e. The Morgan fingerprint density at radius 2 is 1.83 bits per heavy atom. The molecule has 4 rings (SSSR count). The molecule has 2 heterocycles. The Bertz CT molecular complexity index is 920. The van der Waals surface area contributed by atoms with Crippen molar-refractivity contribution in [3.63, 3.8) is 0 Å². The Morgan fingerprint density at radius 1 is 1.12 bits per heavy atom. The lowest BCUT2D eigenvalue weighted by Crippen LogP contribution is -2.24. The molecule has 5 nitrogen and oxygen atoms in total. The van der Waals surface area contributed by atoms with Gasteiger partial charge in [0.15, 0.2) is 0 Å². The number of aromatic nitrogens is 2. The van der Waals surface area contributed by atoms with Crippen molar-refractivity contribution in [2.45, 2.75) is 17.1 Å². The Labute approximate surface area is 143 Å². The van der Waals surface area contributed by atoms with Crippen molar-refractivity contribution in [2.75, 3.05) is 11.1 Å². The monoisotopic (exact) mass is 336 g/mol. The number of nitrogens with two attached hydrogens (primary N) is 1. The molecule has 3 aromatic rings. The number of benzene rings is 2. The lowest BCUT2D eigenvalue weighted by atomic mass is 10.1. The van der Waals surface area contributed by atoms with Gasteiger partial charge < -0.3 is 11.1 Å². The number of para-hydroxylation sites is 2. The number of fused-ring (bicyclic) bond motifs is 1. The fourth-order valence-electron chi connectivity index (χ4n) is 2.89. The number of nitrogens with zero attached hydrogens (tertiary/aromatic N) is 2. The van der Waals surface area contributed by atoms with E-state index in [4.69, 9.17) is 5.73 Å². The minimum absolute atomic E-state index is 0.0684. The molecule has 1 aliphatic heterocycles. The molecule has 1 aromatic heterocycles. The summed E-state index contributed by atoms with van der Waals surface area (Å²) in [6, 6.07) is 17.5. The maximum atomic E-state index is 12.6. The molecular weight excluding hydrogens is 320 g/mol. The molecule has 6 heteroatoms. The third-order valence-electron chi connectivity index (χ3n) is 4.03. The van der Waals surface area contributed by atoms with Crippen LogP contribution in [0.3, 0.4) is 0 Å². The first kappa shape index (κ1) is 14.8. The van der Waals surface area contributed by atoms with Crippen LogP contribution in [0.2, 0.25) is 0 Å². The number of rotatable bonds is 2. The molecule has 0 unspecified atom stereocenters. The molecule has 1 atom stereocenters. The van der Waals surface area contributed by atoms with Crippen LogP contribution in [-0.4, -0.2) is 15.7 Å². The van der Waals surface area contributed by atoms with Crippen LogP contribution in [-0.2, 0) is 4.79 Å². The molecule has 0 saturated heterocycles. The van der Waals surface area contributed by atoms with Gasteiger partial charge in [-0.1, -0.05) is 30.3 Å². The molecule has 0 radical (unpaired) electrons. The van der Waals surface area contributed by atoms with E-state index in [1.165, 1.54) is 11.8 Å². The summed E-state index contributed by atoms with van der Waals surface area (Å²) in [5.74, 6) is 0.437. The van der Waals surface area contributed by atoms with Gasteiger partial charge in [-0.25, -0.2) is 4.68 Å². The third-order valence-corrected chi connectivity index (χ3v) is 5.33. The normalized spacial score (nSPS) is 16.5. The highest BCUT2D eigenvalue weighted by Gasteiger charge is 2.33. The summed E-state index contributed by atoms with van der Waals surface area (Å²) in [4.78, 5) is 13.6. The van der Waals surface area contributed by atoms with Gasteiger partial charge in [0, 0.05) is 10.5 Å². The Balaban J connectivity index is 1.78. The fraction of sp³-hybridized carbons (Fsp3) is 0.111. The predicted octanol–water partition coefficient (Wildman–Crippen LogP) is 3.55. The van der Waals surface area contributed by atoms with Gasteiger partial charge >= 0.3 is 0 Å². The van der Waals surface area contributed by atoms with Crippen molar-refractivity contribution >= 4 is 29.2 Å². The van der Waals surface area contributed by atoms with E-state index in [0.29, 0.717) is 5.82 Å². The fourth-order valence-corrected chi connectivity index (χ4v) is 4.12. The first-order chi connectivity index (χ1) is 11.6. The zero-order valence-electron chi connectivity index (χ0n) is 13.1. The van der Waals surface area contributed by atoms with E-state index >= 15 is 0 Å². The quantitative estimate of drug-likeness (QED) is 0.750. The summed E-state index contributed by atoms with van der Waals surface area (Å²) in [6.45, 7) is 1.89. The number of aryl methyl sites for hydroxylation is 1. The van der Waals surface area contributed by atoms with Crippen molar-refractivity contribution in [1.82, 2.24) is 9.78 Å². The molecule has 0 fully saturated rings. The first-order valence-corrected chi connectivity index (χ1v) is 8.50. The van der Waals surface area contributed by atoms with E-state index in [1.54, 1.807) is 4.68 Å². The van der Waals surface area contributed by atoms with E-state index in [9.17, 15) is 4.79 Å². The van der Waals surface area contributed by atoms with Crippen molar-refractivity contribution < 1.29 is 4.79 Å². The SMILES string of the molecule is Cc1nn(-c2ccccc2)c(N)c1[C@H]1Sc2ccccc2NC1=O. The Kier molecular flexibility index (Phi) is 3.54. The highest BCUT2D eigenvalue weighted by atomic mass is 32.2. The van der Waals surface area contributed by atoms with Crippen LogP contribution in [0.25, 0.3) is 5.69 Å². The molecular formula is C18H16N4OS. The van der Waals surface area contributed by atoms with Crippen molar-refractivity contribution in [3.05, 3.63) is 65.9 Å². The standard InChI is InChI=1S/C18H16N4OS/c1-11-15(17(19)22(21-11)12-7-3-2-4-8-12)16-18(23)20-13-9-5-6-10-14(13)24-16/h2-10,16H,19H2,1H3,(H,20,23)/t16-/m1/s1. The maximum Gasteiger partial charge on any atom is 0.242 e. The second kappa shape index (κ2) is 5.72. The largest absolute Gasteiger partial charge is 0.383 e. The van der Waals surface area contributed by atoms with Gasteiger partial charge in [-0.2, -0.15) is 5.10 Å². The summed E-state index contributed by atoms with van der Waals surface area (Å²) in [5, 5.41) is 7.10. The summed E-state index contributed by atoms with van der Waals surface area (Å²) in [5.41, 5.74) is 9.62. The van der Waals surface area contributed by atoms with Crippen molar-refractivity contribution in [3.8, 4) is 5.69 Å². The number of carbonyl (C=O) groups excluding carboxylic acids is 1. The van der Waals surface area contributed by atoms with E-state index in [-0.39, 0.29) is 5.91 Å². The molecule has 1 aliphatic rings. The van der Waals surface area contributed by atoms with Crippen LogP contribution in [0, 0.1) is 6.92 Å². The number of hydrogen-bond acceptors (Lipinski definition) is 4. The topological polar surface area (TPSA) is 72.9 Å². The average Bonchev–Trinajstić information content (AvgIpc) is 2.90. The number of amides is 1. The second-order valence-corrected chi connectivity index (χ2v) is 6.76. The average molecular weight is 336 g/mol. The number of carbonyl (C=O) groups is 1. The Morgan fingerprint density at radius 3 is 2.62 bits per heavy atom. The molecule has 3 N–H and O–H groups in total. The zero-order valence-corrected chi connectivity index (χ0v) is 13.9. The molecule has 24 heavy (non-hydrogen) atoms. The summed E-state index contributed by atoms with van der Waals surface area (Å²) in [6.07, 6.45) is 0. The summed E-state index contributed by atoms with van der Waals surface area (Å²) in [7, 11) is 0. The van der Waals surface area contributed by atoms with Crippen molar-refractivity contribution in [1.29, 1.82) is 0 Å². The zero-order chi connectivity index (χ0) is 16.7. The van der Waals surface area contributed by atoms with Gasteiger partial charge in [-0.15, -0.1) is 11.8 Å². The van der Waals surface area contributed by atoms with E-state index in [2.05, 4.69) is 10.4 Å². The molecule has 0 bridgehead atoms. The van der Waals surface area contributed by atoms with Gasteiger partial charge in [0.25, 0.3) is 0 Å². The van der Waals surface area contributed by atoms with E-state index < -0.39 is 5.25 Å². The third kappa shape index (κ3) is 2.35. The molecule has 1 amide bonds. The van der Waals surface area contributed by atoms with Gasteiger partial charge in [0.1, 0.15) is 11.1 Å². The minimum atomic E-state index is -0.405. The van der Waals surface area contributed by atoms with E-state index in [1.807, 2.05) is 61.5 Å². The molecule has 0 spiro atoms. The predicted molar refractivity (Wildman–Crippen MR) is 96.4 cm³/mol. The molecule has 120 valence electrons. The van der Waals surface area contributed by atoms with Crippen LogP contribution < -0.4 is 11.1 Å². The lowest BCUT2D eigenvalue weighted by molar-refractivity contribution is -0.115. The minimum Gasteiger partial charge on any atom is -0.383 e. The van der Waals surface area contributed by atoms with Crippen LogP contribution in [0.4, 0.5) is 11.5 Å². The van der Waals surface area contributed by atoms with Gasteiger partial charge in [-0.3, -0.25) is 4.79 Å². The van der Waals surface area contributed by atoms with Crippen LogP contribution in [0.1, 0.15) is 16.5 Å². The van der Waals surface area contributed by atoms with Gasteiger partial charge in [-0.05, 0) is 31.2 Å². The molecule has 0 aliphatic carbocycles. The number of nitrogen functional groups attached to an aromatic ring is 1. The molecule has 0 saturated carbocycles. The molecule has 2 aromatic carbocycles. The number of thioether (sulfide) groups is 1. The van der Waals surface area contributed by atoms with Crippen LogP contribution in [0.5, 0.6) is 0 Å².